The fraction of sp³-hybridized carbons (Fsp3) is 0.480. The van der Waals surface area contributed by atoms with E-state index in [-0.39, 0.29) is 0 Å². The van der Waals surface area contributed by atoms with Crippen molar-refractivity contribution < 1.29 is 0 Å². The molecule has 0 aliphatic carbocycles. The van der Waals surface area contributed by atoms with Crippen LogP contribution in [0.4, 0.5) is 11.4 Å². The molecule has 0 bridgehead atoms. The van der Waals surface area contributed by atoms with Gasteiger partial charge in [0.1, 0.15) is 0 Å². The standard InChI is InChI=1S/C25H33N5/c1-20-4-6-24(16-21(20)2)30-14-10-28(11-15-30)19-23-17-25(7-5-22(23)18-26)29-12-8-27(3)9-13-29/h4-7,16-17H,8-15,19H2,1-3H3. The predicted molar refractivity (Wildman–Crippen MR) is 124 cm³/mol. The quantitative estimate of drug-likeness (QED) is 0.783. The van der Waals surface area contributed by atoms with E-state index in [0.29, 0.717) is 0 Å². The number of nitrogens with zero attached hydrogens (tertiary/aromatic N) is 5. The minimum Gasteiger partial charge on any atom is -0.369 e. The maximum atomic E-state index is 9.63. The first-order chi connectivity index (χ1) is 14.5. The Morgan fingerprint density at radius 2 is 1.37 bits per heavy atom. The molecule has 0 saturated carbocycles. The first-order valence-electron chi connectivity index (χ1n) is 11.0. The molecule has 0 N–H and O–H groups in total. The van der Waals surface area contributed by atoms with Gasteiger partial charge in [-0.25, -0.2) is 0 Å². The summed E-state index contributed by atoms with van der Waals surface area (Å²) in [6.07, 6.45) is 0. The molecule has 0 spiro atoms. The first kappa shape index (κ1) is 20.7. The van der Waals surface area contributed by atoms with E-state index in [1.807, 2.05) is 6.07 Å². The van der Waals surface area contributed by atoms with Gasteiger partial charge in [0.15, 0.2) is 0 Å². The van der Waals surface area contributed by atoms with Gasteiger partial charge in [0, 0.05) is 70.3 Å². The van der Waals surface area contributed by atoms with Crippen LogP contribution in [-0.4, -0.2) is 69.2 Å². The van der Waals surface area contributed by atoms with Crippen molar-refractivity contribution in [3.8, 4) is 6.07 Å². The zero-order chi connectivity index (χ0) is 21.1. The Kier molecular flexibility index (Phi) is 6.26. The Hall–Kier alpha value is -2.55. The van der Waals surface area contributed by atoms with Gasteiger partial charge in [-0.05, 0) is 67.9 Å². The van der Waals surface area contributed by atoms with E-state index in [0.717, 1.165) is 70.0 Å². The number of anilines is 2. The third kappa shape index (κ3) is 4.61. The average Bonchev–Trinajstić information content (AvgIpc) is 2.77. The summed E-state index contributed by atoms with van der Waals surface area (Å²) in [5, 5.41) is 9.63. The van der Waals surface area contributed by atoms with Crippen LogP contribution in [0.2, 0.25) is 0 Å². The van der Waals surface area contributed by atoms with Crippen molar-refractivity contribution in [1.29, 1.82) is 5.26 Å². The molecule has 0 aromatic heterocycles. The third-order valence-electron chi connectivity index (χ3n) is 6.70. The van der Waals surface area contributed by atoms with Crippen LogP contribution in [-0.2, 0) is 6.54 Å². The Morgan fingerprint density at radius 3 is 2.00 bits per heavy atom. The highest BCUT2D eigenvalue weighted by molar-refractivity contribution is 5.54. The monoisotopic (exact) mass is 403 g/mol. The minimum absolute atomic E-state index is 0.810. The second-order valence-corrected chi connectivity index (χ2v) is 8.78. The van der Waals surface area contributed by atoms with Crippen LogP contribution in [0.25, 0.3) is 0 Å². The van der Waals surface area contributed by atoms with Crippen LogP contribution >= 0.6 is 0 Å². The van der Waals surface area contributed by atoms with Gasteiger partial charge >= 0.3 is 0 Å². The van der Waals surface area contributed by atoms with Gasteiger partial charge in [-0.2, -0.15) is 5.26 Å². The smallest absolute Gasteiger partial charge is 0.0995 e. The number of rotatable bonds is 4. The molecular formula is C25H33N5. The maximum absolute atomic E-state index is 9.63. The van der Waals surface area contributed by atoms with E-state index >= 15 is 0 Å². The van der Waals surface area contributed by atoms with Crippen LogP contribution in [0.5, 0.6) is 0 Å². The summed E-state index contributed by atoms with van der Waals surface area (Å²) in [5.41, 5.74) is 7.26. The molecule has 2 saturated heterocycles. The number of benzene rings is 2. The van der Waals surface area contributed by atoms with Crippen LogP contribution < -0.4 is 9.80 Å². The first-order valence-corrected chi connectivity index (χ1v) is 11.0. The van der Waals surface area contributed by atoms with Gasteiger partial charge < -0.3 is 14.7 Å². The molecule has 30 heavy (non-hydrogen) atoms. The summed E-state index contributed by atoms with van der Waals surface area (Å²) in [6.45, 7) is 13.6. The summed E-state index contributed by atoms with van der Waals surface area (Å²) in [7, 11) is 2.18. The topological polar surface area (TPSA) is 36.8 Å². The van der Waals surface area contributed by atoms with E-state index in [4.69, 9.17) is 0 Å². The van der Waals surface area contributed by atoms with Gasteiger partial charge in [-0.3, -0.25) is 4.90 Å². The summed E-state index contributed by atoms with van der Waals surface area (Å²) in [5.74, 6) is 0. The largest absolute Gasteiger partial charge is 0.369 e. The maximum Gasteiger partial charge on any atom is 0.0995 e. The zero-order valence-corrected chi connectivity index (χ0v) is 18.6. The number of nitriles is 1. The molecule has 2 aliphatic heterocycles. The van der Waals surface area contributed by atoms with Crippen molar-refractivity contribution in [2.45, 2.75) is 20.4 Å². The van der Waals surface area contributed by atoms with Crippen molar-refractivity contribution in [2.24, 2.45) is 0 Å². The van der Waals surface area contributed by atoms with Crippen LogP contribution in [0.3, 0.4) is 0 Å². The number of likely N-dealkylation sites (N-methyl/N-ethyl adjacent to an activating group) is 1. The van der Waals surface area contributed by atoms with Crippen molar-refractivity contribution in [2.75, 3.05) is 69.2 Å². The van der Waals surface area contributed by atoms with Gasteiger partial charge in [-0.15, -0.1) is 0 Å². The molecule has 2 aromatic rings. The van der Waals surface area contributed by atoms with Crippen LogP contribution in [0, 0.1) is 25.2 Å². The van der Waals surface area contributed by atoms with Gasteiger partial charge in [0.25, 0.3) is 0 Å². The molecule has 2 fully saturated rings. The highest BCUT2D eigenvalue weighted by atomic mass is 15.3. The molecular weight excluding hydrogens is 370 g/mol. The van der Waals surface area contributed by atoms with Crippen LogP contribution in [0.1, 0.15) is 22.3 Å². The molecule has 2 aromatic carbocycles. The predicted octanol–water partition coefficient (Wildman–Crippen LogP) is 3.25. The molecule has 2 aliphatic rings. The van der Waals surface area contributed by atoms with Gasteiger partial charge in [0.05, 0.1) is 11.6 Å². The SMILES string of the molecule is Cc1ccc(N2CCN(Cc3cc(N4CCN(C)CC4)ccc3C#N)CC2)cc1C. The minimum atomic E-state index is 0.810. The van der Waals surface area contributed by atoms with Crippen molar-refractivity contribution in [3.05, 3.63) is 58.7 Å². The van der Waals surface area contributed by atoms with Crippen molar-refractivity contribution in [1.82, 2.24) is 9.80 Å². The Morgan fingerprint density at radius 1 is 0.767 bits per heavy atom. The second-order valence-electron chi connectivity index (χ2n) is 8.78. The van der Waals surface area contributed by atoms with Crippen molar-refractivity contribution in [3.63, 3.8) is 0 Å². The molecule has 0 radical (unpaired) electrons. The lowest BCUT2D eigenvalue weighted by Crippen LogP contribution is -2.46. The van der Waals surface area contributed by atoms with Gasteiger partial charge in [-0.1, -0.05) is 6.07 Å². The number of piperazine rings is 2. The van der Waals surface area contributed by atoms with E-state index < -0.39 is 0 Å². The Balaban J connectivity index is 1.41. The molecule has 158 valence electrons. The molecule has 0 unspecified atom stereocenters. The highest BCUT2D eigenvalue weighted by Gasteiger charge is 2.20. The second kappa shape index (κ2) is 9.07. The lowest BCUT2D eigenvalue weighted by atomic mass is 10.1. The average molecular weight is 404 g/mol. The van der Waals surface area contributed by atoms with E-state index in [1.54, 1.807) is 0 Å². The fourth-order valence-electron chi connectivity index (χ4n) is 4.41. The Labute approximate surface area is 181 Å². The summed E-state index contributed by atoms with van der Waals surface area (Å²) in [6, 6.07) is 15.5. The normalized spacial score (nSPS) is 18.5. The molecule has 4 rings (SSSR count). The summed E-state index contributed by atoms with van der Waals surface area (Å²) >= 11 is 0. The van der Waals surface area contributed by atoms with E-state index in [9.17, 15) is 5.26 Å². The lowest BCUT2D eigenvalue weighted by molar-refractivity contribution is 0.249. The van der Waals surface area contributed by atoms with Gasteiger partial charge in [0.2, 0.25) is 0 Å². The molecule has 5 nitrogen and oxygen atoms in total. The highest BCUT2D eigenvalue weighted by Crippen LogP contribution is 2.24. The lowest BCUT2D eigenvalue weighted by Gasteiger charge is -2.37. The molecule has 5 heteroatoms. The number of aryl methyl sites for hydroxylation is 2. The summed E-state index contributed by atoms with van der Waals surface area (Å²) < 4.78 is 0. The molecule has 0 atom stereocenters. The third-order valence-corrected chi connectivity index (χ3v) is 6.70. The molecule has 0 amide bonds. The van der Waals surface area contributed by atoms with E-state index in [2.05, 4.69) is 76.9 Å². The summed E-state index contributed by atoms with van der Waals surface area (Å²) in [4.78, 5) is 9.79. The zero-order valence-electron chi connectivity index (χ0n) is 18.6. The fourth-order valence-corrected chi connectivity index (χ4v) is 4.41. The van der Waals surface area contributed by atoms with E-state index in [1.165, 1.54) is 22.5 Å². The van der Waals surface area contributed by atoms with Crippen LogP contribution in [0.15, 0.2) is 36.4 Å². The molecule has 2 heterocycles. The number of hydrogen-bond donors (Lipinski definition) is 0. The van der Waals surface area contributed by atoms with Crippen molar-refractivity contribution >= 4 is 11.4 Å². The Bertz CT molecular complexity index is 916. The number of hydrogen-bond acceptors (Lipinski definition) is 5.